The number of carbonyl (C=O) groups is 1. The summed E-state index contributed by atoms with van der Waals surface area (Å²) in [6.45, 7) is 1.47. The highest BCUT2D eigenvalue weighted by molar-refractivity contribution is 6.30. The Morgan fingerprint density at radius 2 is 1.87 bits per heavy atom. The second kappa shape index (κ2) is 8.56. The standard InChI is InChI=1S/C18H21ClN2O2/c1-21(12-15-5-3-4-6-17(15)23-2)13-18(22)20-11-14-7-9-16(19)10-8-14/h3-10H,11-13H2,1-2H3,(H,20,22). The van der Waals surface area contributed by atoms with E-state index in [1.165, 1.54) is 0 Å². The molecule has 0 aliphatic heterocycles. The molecular weight excluding hydrogens is 312 g/mol. The second-order valence-corrected chi connectivity index (χ2v) is 5.82. The van der Waals surface area contributed by atoms with Gasteiger partial charge in [0.25, 0.3) is 0 Å². The van der Waals surface area contributed by atoms with Crippen LogP contribution in [0.1, 0.15) is 11.1 Å². The number of nitrogens with one attached hydrogen (secondary N) is 1. The highest BCUT2D eigenvalue weighted by Crippen LogP contribution is 2.18. The lowest BCUT2D eigenvalue weighted by molar-refractivity contribution is -0.122. The molecule has 0 saturated heterocycles. The van der Waals surface area contributed by atoms with Gasteiger partial charge >= 0.3 is 0 Å². The number of methoxy groups -OCH3 is 1. The maximum atomic E-state index is 12.0. The normalized spacial score (nSPS) is 10.6. The SMILES string of the molecule is COc1ccccc1CN(C)CC(=O)NCc1ccc(Cl)cc1. The molecule has 122 valence electrons. The van der Waals surface area contributed by atoms with Crippen molar-refractivity contribution in [3.05, 3.63) is 64.7 Å². The van der Waals surface area contributed by atoms with Crippen LogP contribution < -0.4 is 10.1 Å². The topological polar surface area (TPSA) is 41.6 Å². The third kappa shape index (κ3) is 5.58. The minimum absolute atomic E-state index is 0.0163. The molecule has 0 aliphatic carbocycles. The summed E-state index contributed by atoms with van der Waals surface area (Å²) in [7, 11) is 3.56. The summed E-state index contributed by atoms with van der Waals surface area (Å²) in [5.74, 6) is 0.818. The molecule has 1 N–H and O–H groups in total. The van der Waals surface area contributed by atoms with E-state index in [4.69, 9.17) is 16.3 Å². The van der Waals surface area contributed by atoms with E-state index in [9.17, 15) is 4.79 Å². The Labute approximate surface area is 142 Å². The smallest absolute Gasteiger partial charge is 0.234 e. The molecule has 2 rings (SSSR count). The van der Waals surface area contributed by atoms with E-state index < -0.39 is 0 Å². The van der Waals surface area contributed by atoms with Gasteiger partial charge in [-0.25, -0.2) is 0 Å². The van der Waals surface area contributed by atoms with Crippen molar-refractivity contribution in [3.63, 3.8) is 0 Å². The molecule has 0 aromatic heterocycles. The quantitative estimate of drug-likeness (QED) is 0.847. The van der Waals surface area contributed by atoms with E-state index in [0.29, 0.717) is 24.7 Å². The van der Waals surface area contributed by atoms with Gasteiger partial charge in [0.15, 0.2) is 0 Å². The van der Waals surface area contributed by atoms with Gasteiger partial charge < -0.3 is 10.1 Å². The lowest BCUT2D eigenvalue weighted by Crippen LogP contribution is -2.34. The Kier molecular flexibility index (Phi) is 6.44. The van der Waals surface area contributed by atoms with Gasteiger partial charge in [0.2, 0.25) is 5.91 Å². The molecule has 1 amide bonds. The molecule has 0 heterocycles. The molecule has 23 heavy (non-hydrogen) atoms. The molecular formula is C18H21ClN2O2. The predicted molar refractivity (Wildman–Crippen MR) is 92.6 cm³/mol. The zero-order valence-corrected chi connectivity index (χ0v) is 14.1. The molecule has 0 spiro atoms. The largest absolute Gasteiger partial charge is 0.496 e. The Balaban J connectivity index is 1.81. The number of likely N-dealkylation sites (N-methyl/N-ethyl adjacent to an activating group) is 1. The Morgan fingerprint density at radius 1 is 1.17 bits per heavy atom. The number of hydrogen-bond donors (Lipinski definition) is 1. The average Bonchev–Trinajstić information content (AvgIpc) is 2.54. The van der Waals surface area contributed by atoms with Crippen LogP contribution in [0.4, 0.5) is 0 Å². The second-order valence-electron chi connectivity index (χ2n) is 5.39. The van der Waals surface area contributed by atoms with Gasteiger partial charge in [0.05, 0.1) is 13.7 Å². The van der Waals surface area contributed by atoms with Gasteiger partial charge in [0, 0.05) is 23.7 Å². The molecule has 0 atom stereocenters. The molecule has 0 saturated carbocycles. The van der Waals surface area contributed by atoms with Crippen LogP contribution >= 0.6 is 11.6 Å². The van der Waals surface area contributed by atoms with Crippen LogP contribution in [-0.2, 0) is 17.9 Å². The summed E-state index contributed by atoms with van der Waals surface area (Å²) in [4.78, 5) is 14.0. The van der Waals surface area contributed by atoms with E-state index in [1.807, 2.05) is 60.5 Å². The molecule has 0 radical (unpaired) electrons. The van der Waals surface area contributed by atoms with Crippen molar-refractivity contribution < 1.29 is 9.53 Å². The first-order valence-corrected chi connectivity index (χ1v) is 7.78. The number of ether oxygens (including phenoxy) is 1. The molecule has 0 aliphatic rings. The van der Waals surface area contributed by atoms with Gasteiger partial charge in [-0.2, -0.15) is 0 Å². The van der Waals surface area contributed by atoms with Crippen LogP contribution in [0.5, 0.6) is 5.75 Å². The maximum Gasteiger partial charge on any atom is 0.234 e. The first-order chi connectivity index (χ1) is 11.1. The molecule has 0 unspecified atom stereocenters. The monoisotopic (exact) mass is 332 g/mol. The summed E-state index contributed by atoms with van der Waals surface area (Å²) in [5, 5.41) is 3.60. The molecule has 2 aromatic rings. The number of rotatable bonds is 7. The molecule has 4 nitrogen and oxygen atoms in total. The highest BCUT2D eigenvalue weighted by Gasteiger charge is 2.09. The lowest BCUT2D eigenvalue weighted by Gasteiger charge is -2.18. The van der Waals surface area contributed by atoms with E-state index in [1.54, 1.807) is 7.11 Å². The molecule has 2 aromatic carbocycles. The Bertz CT molecular complexity index is 644. The predicted octanol–water partition coefficient (Wildman–Crippen LogP) is 3.10. The summed E-state index contributed by atoms with van der Waals surface area (Å²) >= 11 is 5.84. The van der Waals surface area contributed by atoms with Crippen LogP contribution in [0.15, 0.2) is 48.5 Å². The fourth-order valence-electron chi connectivity index (χ4n) is 2.28. The average molecular weight is 333 g/mol. The summed E-state index contributed by atoms with van der Waals surface area (Å²) in [6.07, 6.45) is 0. The van der Waals surface area contributed by atoms with Crippen LogP contribution in [0.25, 0.3) is 0 Å². The van der Waals surface area contributed by atoms with Crippen molar-refractivity contribution >= 4 is 17.5 Å². The Hall–Kier alpha value is -2.04. The minimum atomic E-state index is -0.0163. The van der Waals surface area contributed by atoms with Crippen molar-refractivity contribution in [1.82, 2.24) is 10.2 Å². The van der Waals surface area contributed by atoms with E-state index in [2.05, 4.69) is 5.32 Å². The van der Waals surface area contributed by atoms with Gasteiger partial charge in [-0.3, -0.25) is 9.69 Å². The minimum Gasteiger partial charge on any atom is -0.496 e. The fraction of sp³-hybridized carbons (Fsp3) is 0.278. The zero-order chi connectivity index (χ0) is 16.7. The number of hydrogen-bond acceptors (Lipinski definition) is 3. The molecule has 0 bridgehead atoms. The first kappa shape index (κ1) is 17.3. The van der Waals surface area contributed by atoms with Gasteiger partial charge in [-0.1, -0.05) is 41.9 Å². The zero-order valence-electron chi connectivity index (χ0n) is 13.4. The van der Waals surface area contributed by atoms with Crippen molar-refractivity contribution in [2.24, 2.45) is 0 Å². The molecule has 5 heteroatoms. The van der Waals surface area contributed by atoms with Gasteiger partial charge in [-0.05, 0) is 30.8 Å². The summed E-state index contributed by atoms with van der Waals surface area (Å²) in [6, 6.07) is 15.3. The van der Waals surface area contributed by atoms with Gasteiger partial charge in [-0.15, -0.1) is 0 Å². The highest BCUT2D eigenvalue weighted by atomic mass is 35.5. The number of carbonyl (C=O) groups excluding carboxylic acids is 1. The third-order valence-corrected chi connectivity index (χ3v) is 3.70. The van der Waals surface area contributed by atoms with Crippen LogP contribution in [-0.4, -0.2) is 31.5 Å². The number of para-hydroxylation sites is 1. The van der Waals surface area contributed by atoms with Crippen molar-refractivity contribution in [2.75, 3.05) is 20.7 Å². The van der Waals surface area contributed by atoms with E-state index in [-0.39, 0.29) is 5.91 Å². The Morgan fingerprint density at radius 3 is 2.57 bits per heavy atom. The third-order valence-electron chi connectivity index (χ3n) is 3.45. The number of benzene rings is 2. The van der Waals surface area contributed by atoms with Crippen LogP contribution in [0.3, 0.4) is 0 Å². The van der Waals surface area contributed by atoms with E-state index in [0.717, 1.165) is 16.9 Å². The van der Waals surface area contributed by atoms with Crippen LogP contribution in [0.2, 0.25) is 5.02 Å². The van der Waals surface area contributed by atoms with Crippen molar-refractivity contribution in [1.29, 1.82) is 0 Å². The fourth-order valence-corrected chi connectivity index (χ4v) is 2.41. The van der Waals surface area contributed by atoms with Crippen molar-refractivity contribution in [3.8, 4) is 5.75 Å². The lowest BCUT2D eigenvalue weighted by atomic mass is 10.2. The van der Waals surface area contributed by atoms with Crippen molar-refractivity contribution in [2.45, 2.75) is 13.1 Å². The van der Waals surface area contributed by atoms with Crippen LogP contribution in [0, 0.1) is 0 Å². The summed E-state index contributed by atoms with van der Waals surface area (Å²) in [5.41, 5.74) is 2.08. The van der Waals surface area contributed by atoms with E-state index >= 15 is 0 Å². The summed E-state index contributed by atoms with van der Waals surface area (Å²) < 4.78 is 5.33. The number of nitrogens with zero attached hydrogens (tertiary/aromatic N) is 1. The number of halogens is 1. The molecule has 0 fully saturated rings. The maximum absolute atomic E-state index is 12.0. The van der Waals surface area contributed by atoms with Gasteiger partial charge in [0.1, 0.15) is 5.75 Å². The number of amides is 1. The first-order valence-electron chi connectivity index (χ1n) is 7.40.